The molecule has 1 aromatic carbocycles. The largest absolute Gasteiger partial charge is 0.497 e. The van der Waals surface area contributed by atoms with E-state index >= 15 is 0 Å². The number of amides is 1. The molecule has 1 N–H and O–H groups in total. The zero-order chi connectivity index (χ0) is 16.3. The maximum atomic E-state index is 11.8. The number of carbonyl (C=O) groups excluding carboxylic acids is 1. The molecule has 118 valence electrons. The Morgan fingerprint density at radius 1 is 1.23 bits per heavy atom. The van der Waals surface area contributed by atoms with Gasteiger partial charge in [-0.25, -0.2) is 9.78 Å². The smallest absolute Gasteiger partial charge is 0.413 e. The minimum Gasteiger partial charge on any atom is -0.497 e. The van der Waals surface area contributed by atoms with Gasteiger partial charge in [0, 0.05) is 10.4 Å². The molecule has 0 aliphatic heterocycles. The topological polar surface area (TPSA) is 60.5 Å². The molecule has 0 bridgehead atoms. The lowest BCUT2D eigenvalue weighted by molar-refractivity contribution is 0.0636. The highest BCUT2D eigenvalue weighted by molar-refractivity contribution is 7.16. The number of thiazole rings is 1. The van der Waals surface area contributed by atoms with Crippen molar-refractivity contribution in [3.05, 3.63) is 29.1 Å². The van der Waals surface area contributed by atoms with Crippen molar-refractivity contribution in [3.8, 4) is 17.0 Å². The van der Waals surface area contributed by atoms with Gasteiger partial charge in [0.2, 0.25) is 0 Å². The summed E-state index contributed by atoms with van der Waals surface area (Å²) in [6.07, 6.45) is -0.498. The molecule has 0 spiro atoms. The normalized spacial score (nSPS) is 11.1. The molecule has 1 heterocycles. The number of aromatic nitrogens is 1. The number of aryl methyl sites for hydroxylation is 1. The molecule has 2 rings (SSSR count). The number of nitrogens with one attached hydrogen (secondary N) is 1. The van der Waals surface area contributed by atoms with Crippen LogP contribution < -0.4 is 10.1 Å². The van der Waals surface area contributed by atoms with E-state index in [-0.39, 0.29) is 0 Å². The second-order valence-corrected chi connectivity index (χ2v) is 6.98. The summed E-state index contributed by atoms with van der Waals surface area (Å²) < 4.78 is 10.4. The highest BCUT2D eigenvalue weighted by Crippen LogP contribution is 2.31. The van der Waals surface area contributed by atoms with Crippen LogP contribution in [0.25, 0.3) is 11.3 Å². The van der Waals surface area contributed by atoms with Gasteiger partial charge < -0.3 is 9.47 Å². The van der Waals surface area contributed by atoms with Gasteiger partial charge in [-0.05, 0) is 52.0 Å². The van der Waals surface area contributed by atoms with Crippen LogP contribution in [0.2, 0.25) is 0 Å². The Bertz CT molecular complexity index is 657. The van der Waals surface area contributed by atoms with Gasteiger partial charge in [0.25, 0.3) is 0 Å². The lowest BCUT2D eigenvalue weighted by atomic mass is 10.1. The Hall–Kier alpha value is -2.08. The maximum Gasteiger partial charge on any atom is 0.413 e. The van der Waals surface area contributed by atoms with Crippen LogP contribution in [-0.2, 0) is 4.74 Å². The third kappa shape index (κ3) is 4.21. The summed E-state index contributed by atoms with van der Waals surface area (Å²) in [5.74, 6) is 0.795. The molecule has 0 aliphatic carbocycles. The van der Waals surface area contributed by atoms with Crippen LogP contribution >= 0.6 is 11.3 Å². The summed E-state index contributed by atoms with van der Waals surface area (Å²) in [7, 11) is 1.63. The fourth-order valence-electron chi connectivity index (χ4n) is 1.86. The monoisotopic (exact) mass is 320 g/mol. The molecule has 22 heavy (non-hydrogen) atoms. The summed E-state index contributed by atoms with van der Waals surface area (Å²) in [4.78, 5) is 17.3. The summed E-state index contributed by atoms with van der Waals surface area (Å²) in [5.41, 5.74) is 1.29. The van der Waals surface area contributed by atoms with Crippen LogP contribution in [0.15, 0.2) is 24.3 Å². The van der Waals surface area contributed by atoms with Crippen molar-refractivity contribution in [1.82, 2.24) is 4.98 Å². The standard InChI is InChI=1S/C16H20N2O3S/c1-10-13(11-6-8-12(20-5)9-7-11)17-14(22-10)18-15(19)21-16(2,3)4/h6-9H,1-5H3,(H,17,18,19). The van der Waals surface area contributed by atoms with Crippen LogP contribution in [-0.4, -0.2) is 23.8 Å². The predicted molar refractivity (Wildman–Crippen MR) is 88.7 cm³/mol. The fourth-order valence-corrected chi connectivity index (χ4v) is 2.68. The summed E-state index contributed by atoms with van der Waals surface area (Å²) >= 11 is 1.42. The van der Waals surface area contributed by atoms with Gasteiger partial charge in [-0.15, -0.1) is 11.3 Å². The number of rotatable bonds is 3. The Balaban J connectivity index is 2.15. The van der Waals surface area contributed by atoms with Crippen molar-refractivity contribution >= 4 is 22.6 Å². The minimum atomic E-state index is -0.533. The molecular weight excluding hydrogens is 300 g/mol. The maximum absolute atomic E-state index is 11.8. The highest BCUT2D eigenvalue weighted by Gasteiger charge is 2.18. The van der Waals surface area contributed by atoms with Crippen LogP contribution in [0.5, 0.6) is 5.75 Å². The fraction of sp³-hybridized carbons (Fsp3) is 0.375. The number of nitrogens with zero attached hydrogens (tertiary/aromatic N) is 1. The number of ether oxygens (including phenoxy) is 2. The molecule has 6 heteroatoms. The number of carbonyl (C=O) groups is 1. The molecular formula is C16H20N2O3S. The van der Waals surface area contributed by atoms with Crippen molar-refractivity contribution < 1.29 is 14.3 Å². The van der Waals surface area contributed by atoms with E-state index in [0.29, 0.717) is 5.13 Å². The van der Waals surface area contributed by atoms with E-state index in [9.17, 15) is 4.79 Å². The summed E-state index contributed by atoms with van der Waals surface area (Å²) in [5, 5.41) is 3.20. The van der Waals surface area contributed by atoms with Crippen molar-refractivity contribution in [2.45, 2.75) is 33.3 Å². The van der Waals surface area contributed by atoms with E-state index in [4.69, 9.17) is 9.47 Å². The lowest BCUT2D eigenvalue weighted by Crippen LogP contribution is -2.27. The van der Waals surface area contributed by atoms with E-state index in [0.717, 1.165) is 21.9 Å². The van der Waals surface area contributed by atoms with E-state index < -0.39 is 11.7 Å². The number of methoxy groups -OCH3 is 1. The van der Waals surface area contributed by atoms with Gasteiger partial charge in [-0.3, -0.25) is 5.32 Å². The number of anilines is 1. The first-order valence-electron chi connectivity index (χ1n) is 6.90. The van der Waals surface area contributed by atoms with Crippen LogP contribution in [0, 0.1) is 6.92 Å². The Morgan fingerprint density at radius 2 is 1.86 bits per heavy atom. The van der Waals surface area contributed by atoms with Gasteiger partial charge in [0.15, 0.2) is 5.13 Å². The first-order chi connectivity index (χ1) is 10.3. The highest BCUT2D eigenvalue weighted by atomic mass is 32.1. The molecule has 0 saturated heterocycles. The third-order valence-electron chi connectivity index (χ3n) is 2.77. The SMILES string of the molecule is COc1ccc(-c2nc(NC(=O)OC(C)(C)C)sc2C)cc1. The van der Waals surface area contributed by atoms with Gasteiger partial charge in [-0.1, -0.05) is 0 Å². The molecule has 0 fully saturated rings. The summed E-state index contributed by atoms with van der Waals surface area (Å²) in [6.45, 7) is 7.44. The van der Waals surface area contributed by atoms with Crippen molar-refractivity contribution in [1.29, 1.82) is 0 Å². The van der Waals surface area contributed by atoms with E-state index in [1.165, 1.54) is 11.3 Å². The van der Waals surface area contributed by atoms with Crippen molar-refractivity contribution in [3.63, 3.8) is 0 Å². The van der Waals surface area contributed by atoms with E-state index in [1.54, 1.807) is 7.11 Å². The Morgan fingerprint density at radius 3 is 2.41 bits per heavy atom. The summed E-state index contributed by atoms with van der Waals surface area (Å²) in [6, 6.07) is 7.65. The Labute approximate surface area is 134 Å². The van der Waals surface area contributed by atoms with Crippen LogP contribution in [0.3, 0.4) is 0 Å². The quantitative estimate of drug-likeness (QED) is 0.906. The first-order valence-corrected chi connectivity index (χ1v) is 7.72. The molecule has 5 nitrogen and oxygen atoms in total. The minimum absolute atomic E-state index is 0.498. The predicted octanol–water partition coefficient (Wildman–Crippen LogP) is 4.47. The third-order valence-corrected chi connectivity index (χ3v) is 3.65. The van der Waals surface area contributed by atoms with Crippen molar-refractivity contribution in [2.75, 3.05) is 12.4 Å². The van der Waals surface area contributed by atoms with Gasteiger partial charge in [0.1, 0.15) is 11.4 Å². The molecule has 0 unspecified atom stereocenters. The molecule has 1 amide bonds. The number of hydrogen-bond donors (Lipinski definition) is 1. The first kappa shape index (κ1) is 16.3. The lowest BCUT2D eigenvalue weighted by Gasteiger charge is -2.18. The number of hydrogen-bond acceptors (Lipinski definition) is 5. The number of benzene rings is 1. The molecule has 1 aromatic heterocycles. The molecule has 0 atom stereocenters. The molecule has 2 aromatic rings. The van der Waals surface area contributed by atoms with Crippen LogP contribution in [0.4, 0.5) is 9.93 Å². The van der Waals surface area contributed by atoms with Crippen molar-refractivity contribution in [2.24, 2.45) is 0 Å². The van der Waals surface area contributed by atoms with Crippen LogP contribution in [0.1, 0.15) is 25.6 Å². The molecule has 0 aliphatic rings. The van der Waals surface area contributed by atoms with E-state index in [2.05, 4.69) is 10.3 Å². The second-order valence-electron chi connectivity index (χ2n) is 5.78. The Kier molecular flexibility index (Phi) is 4.71. The molecule has 0 radical (unpaired) electrons. The zero-order valence-electron chi connectivity index (χ0n) is 13.4. The molecule has 0 saturated carbocycles. The van der Waals surface area contributed by atoms with E-state index in [1.807, 2.05) is 52.0 Å². The second kappa shape index (κ2) is 6.36. The van der Waals surface area contributed by atoms with Gasteiger partial charge in [0.05, 0.1) is 12.8 Å². The zero-order valence-corrected chi connectivity index (χ0v) is 14.2. The van der Waals surface area contributed by atoms with Gasteiger partial charge in [-0.2, -0.15) is 0 Å². The average molecular weight is 320 g/mol. The van der Waals surface area contributed by atoms with Gasteiger partial charge >= 0.3 is 6.09 Å². The average Bonchev–Trinajstić information content (AvgIpc) is 2.77.